The molecule has 5 rings (SSSR count). The quantitative estimate of drug-likeness (QED) is 0.301. The molecule has 0 N–H and O–H groups in total. The Kier molecular flexibility index (Phi) is 6.01. The van der Waals surface area contributed by atoms with Gasteiger partial charge < -0.3 is 0 Å². The Morgan fingerprint density at radius 1 is 1.06 bits per heavy atom. The lowest BCUT2D eigenvalue weighted by Gasteiger charge is -2.11. The second-order valence-corrected chi connectivity index (χ2v) is 9.82. The molecule has 0 atom stereocenters. The molecule has 166 valence electrons. The number of hydrogen-bond donors (Lipinski definition) is 0. The van der Waals surface area contributed by atoms with Gasteiger partial charge in [0, 0.05) is 28.1 Å². The zero-order chi connectivity index (χ0) is 22.9. The van der Waals surface area contributed by atoms with Crippen molar-refractivity contribution in [3.05, 3.63) is 86.2 Å². The second-order valence-electron chi connectivity index (χ2n) is 7.40. The van der Waals surface area contributed by atoms with Crippen LogP contribution in [0.5, 0.6) is 0 Å². The van der Waals surface area contributed by atoms with E-state index < -0.39 is 0 Å². The normalized spacial score (nSPS) is 11.4. The van der Waals surface area contributed by atoms with Crippen molar-refractivity contribution in [1.82, 2.24) is 29.4 Å². The first-order valence-corrected chi connectivity index (χ1v) is 12.5. The molecule has 5 aromatic rings. The maximum absolute atomic E-state index is 12.5. The van der Waals surface area contributed by atoms with E-state index in [9.17, 15) is 4.79 Å². The Labute approximate surface area is 203 Å². The van der Waals surface area contributed by atoms with Gasteiger partial charge in [-0.1, -0.05) is 71.5 Å². The van der Waals surface area contributed by atoms with Crippen LogP contribution in [0.3, 0.4) is 0 Å². The summed E-state index contributed by atoms with van der Waals surface area (Å²) in [5.74, 6) is 1.21. The Balaban J connectivity index is 1.51. The number of nitrogens with zero attached hydrogens (tertiary/aromatic N) is 6. The van der Waals surface area contributed by atoms with Gasteiger partial charge in [0.15, 0.2) is 11.0 Å². The Morgan fingerprint density at radius 3 is 2.55 bits per heavy atom. The van der Waals surface area contributed by atoms with E-state index in [-0.39, 0.29) is 5.56 Å². The number of aryl methyl sites for hydroxylation is 2. The first-order chi connectivity index (χ1) is 16.0. The standard InChI is InChI=1S/C23H19ClN6OS2/c1-3-19-28-30-20(31)12-17(25-22(30)33-19)13-32-23-27-26-21(15-6-4-14(2)5-7-15)29(23)18-10-8-16(24)9-11-18/h4-12H,3,13H2,1-2H3. The lowest BCUT2D eigenvalue weighted by atomic mass is 10.1. The topological polar surface area (TPSA) is 78.0 Å². The number of rotatable bonds is 6. The Morgan fingerprint density at radius 2 is 1.82 bits per heavy atom. The zero-order valence-corrected chi connectivity index (χ0v) is 20.3. The molecule has 0 unspecified atom stereocenters. The summed E-state index contributed by atoms with van der Waals surface area (Å²) < 4.78 is 3.36. The first kappa shape index (κ1) is 21.8. The van der Waals surface area contributed by atoms with Crippen molar-refractivity contribution >= 4 is 39.7 Å². The molecule has 0 saturated heterocycles. The fourth-order valence-electron chi connectivity index (χ4n) is 3.33. The number of halogens is 1. The van der Waals surface area contributed by atoms with Crippen LogP contribution in [-0.2, 0) is 12.2 Å². The van der Waals surface area contributed by atoms with E-state index in [4.69, 9.17) is 11.6 Å². The van der Waals surface area contributed by atoms with E-state index in [1.165, 1.54) is 39.2 Å². The van der Waals surface area contributed by atoms with E-state index in [1.807, 2.05) is 54.8 Å². The summed E-state index contributed by atoms with van der Waals surface area (Å²) in [5, 5.41) is 15.5. The van der Waals surface area contributed by atoms with Crippen LogP contribution in [0.4, 0.5) is 0 Å². The lowest BCUT2D eigenvalue weighted by Crippen LogP contribution is -2.15. The molecule has 0 aliphatic rings. The van der Waals surface area contributed by atoms with Crippen LogP contribution in [0, 0.1) is 6.92 Å². The van der Waals surface area contributed by atoms with Gasteiger partial charge >= 0.3 is 0 Å². The van der Waals surface area contributed by atoms with Crippen molar-refractivity contribution in [2.75, 3.05) is 0 Å². The lowest BCUT2D eigenvalue weighted by molar-refractivity contribution is 0.851. The molecular formula is C23H19ClN6OS2. The molecule has 0 aliphatic heterocycles. The highest BCUT2D eigenvalue weighted by molar-refractivity contribution is 7.98. The van der Waals surface area contributed by atoms with E-state index in [1.54, 1.807) is 0 Å². The molecule has 0 aliphatic carbocycles. The molecule has 10 heteroatoms. The summed E-state index contributed by atoms with van der Waals surface area (Å²) in [7, 11) is 0. The SMILES string of the molecule is CCc1nn2c(=O)cc(CSc3nnc(-c4ccc(C)cc4)n3-c3ccc(Cl)cc3)nc2s1. The van der Waals surface area contributed by atoms with Crippen LogP contribution in [0.2, 0.25) is 5.02 Å². The number of aromatic nitrogens is 6. The molecule has 3 aromatic heterocycles. The maximum Gasteiger partial charge on any atom is 0.275 e. The third-order valence-electron chi connectivity index (χ3n) is 5.02. The summed E-state index contributed by atoms with van der Waals surface area (Å²) in [4.78, 5) is 17.7. The fourth-order valence-corrected chi connectivity index (χ4v) is 5.16. The van der Waals surface area contributed by atoms with Crippen LogP contribution in [0.1, 0.15) is 23.2 Å². The fraction of sp³-hybridized carbons (Fsp3) is 0.174. The van der Waals surface area contributed by atoms with Crippen molar-refractivity contribution in [3.63, 3.8) is 0 Å². The van der Waals surface area contributed by atoms with Gasteiger partial charge in [-0.3, -0.25) is 9.36 Å². The third kappa shape index (κ3) is 4.44. The average molecular weight is 495 g/mol. The van der Waals surface area contributed by atoms with Crippen molar-refractivity contribution in [1.29, 1.82) is 0 Å². The van der Waals surface area contributed by atoms with Crippen molar-refractivity contribution in [2.24, 2.45) is 0 Å². The molecule has 0 bridgehead atoms. The Hall–Kier alpha value is -3.01. The number of benzene rings is 2. The monoisotopic (exact) mass is 494 g/mol. The zero-order valence-electron chi connectivity index (χ0n) is 17.9. The second kappa shape index (κ2) is 9.09. The van der Waals surface area contributed by atoms with Crippen LogP contribution in [0.25, 0.3) is 22.0 Å². The molecule has 2 aromatic carbocycles. The molecule has 33 heavy (non-hydrogen) atoms. The highest BCUT2D eigenvalue weighted by atomic mass is 35.5. The minimum Gasteiger partial charge on any atom is -0.270 e. The molecule has 0 fully saturated rings. The van der Waals surface area contributed by atoms with Crippen molar-refractivity contribution in [3.8, 4) is 17.1 Å². The summed E-state index contributed by atoms with van der Waals surface area (Å²) in [5.41, 5.74) is 3.54. The minimum absolute atomic E-state index is 0.175. The highest BCUT2D eigenvalue weighted by Gasteiger charge is 2.17. The molecule has 0 amide bonds. The summed E-state index contributed by atoms with van der Waals surface area (Å²) in [6.07, 6.45) is 0.767. The maximum atomic E-state index is 12.5. The Bertz CT molecular complexity index is 1490. The number of fused-ring (bicyclic) bond motifs is 1. The van der Waals surface area contributed by atoms with Gasteiger partial charge in [-0.2, -0.15) is 9.61 Å². The largest absolute Gasteiger partial charge is 0.275 e. The minimum atomic E-state index is -0.175. The van der Waals surface area contributed by atoms with Gasteiger partial charge in [0.2, 0.25) is 4.96 Å². The van der Waals surface area contributed by atoms with E-state index in [2.05, 4.69) is 32.4 Å². The summed E-state index contributed by atoms with van der Waals surface area (Å²) in [6, 6.07) is 17.3. The van der Waals surface area contributed by atoms with E-state index >= 15 is 0 Å². The van der Waals surface area contributed by atoms with Gasteiger partial charge in [0.1, 0.15) is 5.01 Å². The van der Waals surface area contributed by atoms with Crippen LogP contribution >= 0.6 is 34.7 Å². The van der Waals surface area contributed by atoms with Gasteiger partial charge in [0.25, 0.3) is 5.56 Å². The van der Waals surface area contributed by atoms with Crippen molar-refractivity contribution in [2.45, 2.75) is 31.2 Å². The van der Waals surface area contributed by atoms with Gasteiger partial charge in [-0.25, -0.2) is 4.98 Å². The first-order valence-electron chi connectivity index (χ1n) is 10.3. The van der Waals surface area contributed by atoms with Gasteiger partial charge in [0.05, 0.1) is 5.69 Å². The summed E-state index contributed by atoms with van der Waals surface area (Å²) in [6.45, 7) is 4.06. The van der Waals surface area contributed by atoms with Crippen LogP contribution in [-0.4, -0.2) is 29.4 Å². The molecular weight excluding hydrogens is 476 g/mol. The molecule has 3 heterocycles. The van der Waals surface area contributed by atoms with E-state index in [0.717, 1.165) is 28.5 Å². The number of hydrogen-bond acceptors (Lipinski definition) is 7. The van der Waals surface area contributed by atoms with Gasteiger partial charge in [-0.15, -0.1) is 10.2 Å². The predicted molar refractivity (Wildman–Crippen MR) is 133 cm³/mol. The van der Waals surface area contributed by atoms with E-state index in [0.29, 0.717) is 26.6 Å². The average Bonchev–Trinajstić information content (AvgIpc) is 3.43. The van der Waals surface area contributed by atoms with Crippen molar-refractivity contribution < 1.29 is 0 Å². The van der Waals surface area contributed by atoms with Gasteiger partial charge in [-0.05, 0) is 37.6 Å². The smallest absolute Gasteiger partial charge is 0.270 e. The molecule has 7 nitrogen and oxygen atoms in total. The predicted octanol–water partition coefficient (Wildman–Crippen LogP) is 5.22. The third-order valence-corrected chi connectivity index (χ3v) is 7.29. The van der Waals surface area contributed by atoms with Crippen LogP contribution < -0.4 is 5.56 Å². The summed E-state index contributed by atoms with van der Waals surface area (Å²) >= 11 is 9.03. The molecule has 0 spiro atoms. The highest BCUT2D eigenvalue weighted by Crippen LogP contribution is 2.30. The molecule has 0 saturated carbocycles. The van der Waals surface area contributed by atoms with Crippen LogP contribution in [0.15, 0.2) is 64.5 Å². The number of thioether (sulfide) groups is 1. The molecule has 0 radical (unpaired) electrons.